The van der Waals surface area contributed by atoms with Gasteiger partial charge < -0.3 is 14.5 Å². The van der Waals surface area contributed by atoms with E-state index in [2.05, 4.69) is 4.74 Å². The molecule has 0 aromatic carbocycles. The van der Waals surface area contributed by atoms with Gasteiger partial charge in [-0.2, -0.15) is 5.06 Å². The molecule has 0 atom stereocenters. The van der Waals surface area contributed by atoms with Gasteiger partial charge in [0, 0.05) is 20.3 Å². The lowest BCUT2D eigenvalue weighted by Crippen LogP contribution is -2.10. The van der Waals surface area contributed by atoms with Gasteiger partial charge in [0.15, 0.2) is 0 Å². The number of rotatable bonds is 3. The van der Waals surface area contributed by atoms with E-state index in [9.17, 15) is 4.79 Å². The van der Waals surface area contributed by atoms with Gasteiger partial charge in [-0.25, -0.2) is 4.79 Å². The number of methoxy groups -OCH3 is 1. The van der Waals surface area contributed by atoms with Crippen LogP contribution in [0.25, 0.3) is 0 Å². The first kappa shape index (κ1) is 10.7. The molecule has 1 aromatic heterocycles. The summed E-state index contributed by atoms with van der Waals surface area (Å²) in [6.07, 6.45) is 1.78. The third kappa shape index (κ3) is 2.34. The molecule has 0 spiro atoms. The van der Waals surface area contributed by atoms with Crippen LogP contribution in [0, 0.1) is 0 Å². The number of esters is 1. The smallest absolute Gasteiger partial charge is 0.354 e. The van der Waals surface area contributed by atoms with E-state index < -0.39 is 0 Å². The maximum absolute atomic E-state index is 11.2. The van der Waals surface area contributed by atoms with Crippen LogP contribution < -0.4 is 0 Å². The van der Waals surface area contributed by atoms with E-state index in [0.717, 1.165) is 10.6 Å². The molecule has 0 saturated heterocycles. The Balaban J connectivity index is 2.87. The Labute approximate surface area is 82.5 Å². The molecule has 0 aliphatic heterocycles. The molecule has 0 fully saturated rings. The minimum absolute atomic E-state index is 0.376. The quantitative estimate of drug-likeness (QED) is 0.571. The Morgan fingerprint density at radius 3 is 2.86 bits per heavy atom. The average molecular weight is 198 g/mol. The number of hydrogen-bond donors (Lipinski definition) is 1. The summed E-state index contributed by atoms with van der Waals surface area (Å²) in [5, 5.41) is 10.1. The Morgan fingerprint density at radius 2 is 2.36 bits per heavy atom. The highest BCUT2D eigenvalue weighted by Crippen LogP contribution is 2.09. The van der Waals surface area contributed by atoms with E-state index in [0.29, 0.717) is 12.2 Å². The van der Waals surface area contributed by atoms with Gasteiger partial charge >= 0.3 is 5.97 Å². The fraction of sp³-hybridized carbons (Fsp3) is 0.444. The van der Waals surface area contributed by atoms with Crippen LogP contribution in [-0.2, 0) is 18.3 Å². The Kier molecular flexibility index (Phi) is 3.27. The molecule has 0 saturated carbocycles. The average Bonchev–Trinajstić information content (AvgIpc) is 2.44. The van der Waals surface area contributed by atoms with Crippen LogP contribution in [0.2, 0.25) is 0 Å². The van der Waals surface area contributed by atoms with Crippen LogP contribution in [0.3, 0.4) is 0 Å². The first-order chi connectivity index (χ1) is 6.54. The van der Waals surface area contributed by atoms with Crippen molar-refractivity contribution in [1.82, 2.24) is 9.63 Å². The maximum Gasteiger partial charge on any atom is 0.354 e. The van der Waals surface area contributed by atoms with Crippen LogP contribution in [0.4, 0.5) is 0 Å². The van der Waals surface area contributed by atoms with E-state index in [1.165, 1.54) is 7.11 Å². The van der Waals surface area contributed by atoms with Gasteiger partial charge in [-0.3, -0.25) is 0 Å². The predicted molar refractivity (Wildman–Crippen MR) is 50.0 cm³/mol. The summed E-state index contributed by atoms with van der Waals surface area (Å²) < 4.78 is 6.27. The van der Waals surface area contributed by atoms with Gasteiger partial charge in [-0.15, -0.1) is 0 Å². The largest absolute Gasteiger partial charge is 0.464 e. The second-order valence-electron chi connectivity index (χ2n) is 3.15. The highest BCUT2D eigenvalue weighted by atomic mass is 16.5. The molecule has 0 radical (unpaired) electrons. The van der Waals surface area contributed by atoms with Crippen molar-refractivity contribution in [2.75, 3.05) is 14.2 Å². The zero-order valence-corrected chi connectivity index (χ0v) is 8.52. The molecule has 0 aliphatic rings. The molecule has 0 bridgehead atoms. The van der Waals surface area contributed by atoms with Crippen molar-refractivity contribution in [1.29, 1.82) is 0 Å². The van der Waals surface area contributed by atoms with Crippen molar-refractivity contribution in [3.8, 4) is 0 Å². The first-order valence-corrected chi connectivity index (χ1v) is 4.18. The molecule has 0 amide bonds. The molecule has 0 aliphatic carbocycles. The van der Waals surface area contributed by atoms with Gasteiger partial charge in [0.25, 0.3) is 0 Å². The number of hydrogen-bond acceptors (Lipinski definition) is 4. The molecular weight excluding hydrogens is 184 g/mol. The molecule has 1 rings (SSSR count). The SMILES string of the molecule is COC(=O)c1cc(CN(C)O)cn1C. The van der Waals surface area contributed by atoms with Crippen molar-refractivity contribution in [3.63, 3.8) is 0 Å². The lowest BCUT2D eigenvalue weighted by atomic mass is 10.3. The van der Waals surface area contributed by atoms with Crippen molar-refractivity contribution < 1.29 is 14.7 Å². The fourth-order valence-electron chi connectivity index (χ4n) is 1.29. The van der Waals surface area contributed by atoms with Gasteiger partial charge in [0.05, 0.1) is 13.7 Å². The van der Waals surface area contributed by atoms with Crippen LogP contribution in [-0.4, -0.2) is 35.0 Å². The molecule has 1 heterocycles. The third-order valence-corrected chi connectivity index (χ3v) is 1.87. The summed E-state index contributed by atoms with van der Waals surface area (Å²) in [6.45, 7) is 0.380. The van der Waals surface area contributed by atoms with Crippen LogP contribution in [0.1, 0.15) is 16.1 Å². The molecule has 1 aromatic rings. The highest BCUT2D eigenvalue weighted by molar-refractivity contribution is 5.87. The van der Waals surface area contributed by atoms with Crippen LogP contribution in [0.5, 0.6) is 0 Å². The molecule has 78 valence electrons. The number of aromatic nitrogens is 1. The van der Waals surface area contributed by atoms with Crippen molar-refractivity contribution in [2.45, 2.75) is 6.54 Å². The normalized spacial score (nSPS) is 10.6. The molecule has 14 heavy (non-hydrogen) atoms. The second-order valence-corrected chi connectivity index (χ2v) is 3.15. The van der Waals surface area contributed by atoms with Crippen molar-refractivity contribution in [3.05, 3.63) is 23.5 Å². The third-order valence-electron chi connectivity index (χ3n) is 1.87. The Bertz CT molecular complexity index is 331. The summed E-state index contributed by atoms with van der Waals surface area (Å²) in [5.74, 6) is -0.376. The fourth-order valence-corrected chi connectivity index (χ4v) is 1.29. The van der Waals surface area contributed by atoms with Crippen LogP contribution >= 0.6 is 0 Å². The topological polar surface area (TPSA) is 54.7 Å². The van der Waals surface area contributed by atoms with Crippen molar-refractivity contribution in [2.24, 2.45) is 7.05 Å². The standard InChI is InChI=1S/C9H14N2O3/c1-10-5-7(6-11(2)13)4-8(10)9(12)14-3/h4-5,13H,6H2,1-3H3. The molecular formula is C9H14N2O3. The summed E-state index contributed by atoms with van der Waals surface area (Å²) in [4.78, 5) is 11.2. The number of nitrogens with zero attached hydrogens (tertiary/aromatic N) is 2. The minimum atomic E-state index is -0.376. The molecule has 1 N–H and O–H groups in total. The summed E-state index contributed by atoms with van der Waals surface area (Å²) in [5.41, 5.74) is 1.34. The maximum atomic E-state index is 11.2. The number of hydroxylamine groups is 2. The van der Waals surface area contributed by atoms with Crippen molar-refractivity contribution >= 4 is 5.97 Å². The number of ether oxygens (including phenoxy) is 1. The Hall–Kier alpha value is -1.33. The molecule has 0 unspecified atom stereocenters. The molecule has 5 heteroatoms. The minimum Gasteiger partial charge on any atom is -0.464 e. The van der Waals surface area contributed by atoms with E-state index in [-0.39, 0.29) is 5.97 Å². The van der Waals surface area contributed by atoms with Gasteiger partial charge in [-0.05, 0) is 11.6 Å². The summed E-state index contributed by atoms with van der Waals surface area (Å²) in [7, 11) is 4.64. The van der Waals surface area contributed by atoms with Crippen LogP contribution in [0.15, 0.2) is 12.3 Å². The summed E-state index contributed by atoms with van der Waals surface area (Å²) in [6, 6.07) is 1.69. The zero-order chi connectivity index (χ0) is 10.7. The first-order valence-electron chi connectivity index (χ1n) is 4.18. The lowest BCUT2D eigenvalue weighted by Gasteiger charge is -2.04. The van der Waals surface area contributed by atoms with E-state index in [1.807, 2.05) is 0 Å². The number of aryl methyl sites for hydroxylation is 1. The van der Waals surface area contributed by atoms with E-state index in [1.54, 1.807) is 30.9 Å². The number of carbonyl (C=O) groups excluding carboxylic acids is 1. The molecule has 5 nitrogen and oxygen atoms in total. The monoisotopic (exact) mass is 198 g/mol. The van der Waals surface area contributed by atoms with Gasteiger partial charge in [0.1, 0.15) is 5.69 Å². The lowest BCUT2D eigenvalue weighted by molar-refractivity contribution is -0.0731. The van der Waals surface area contributed by atoms with Gasteiger partial charge in [0.2, 0.25) is 0 Å². The summed E-state index contributed by atoms with van der Waals surface area (Å²) >= 11 is 0. The second kappa shape index (κ2) is 4.26. The highest BCUT2D eigenvalue weighted by Gasteiger charge is 2.11. The van der Waals surface area contributed by atoms with E-state index >= 15 is 0 Å². The number of carbonyl (C=O) groups is 1. The Morgan fingerprint density at radius 1 is 1.71 bits per heavy atom. The predicted octanol–water partition coefficient (Wildman–Crippen LogP) is 0.633. The van der Waals surface area contributed by atoms with E-state index in [4.69, 9.17) is 5.21 Å². The van der Waals surface area contributed by atoms with Gasteiger partial charge in [-0.1, -0.05) is 0 Å². The zero-order valence-electron chi connectivity index (χ0n) is 8.52.